The summed E-state index contributed by atoms with van der Waals surface area (Å²) in [5, 5.41) is 0. The predicted molar refractivity (Wildman–Crippen MR) is 87.8 cm³/mol. The lowest BCUT2D eigenvalue weighted by molar-refractivity contribution is -0.141. The van der Waals surface area contributed by atoms with Crippen LogP contribution in [-0.4, -0.2) is 48.1 Å². The Balaban J connectivity index is 1.77. The van der Waals surface area contributed by atoms with Gasteiger partial charge in [-0.25, -0.2) is 0 Å². The molecule has 0 radical (unpaired) electrons. The molecular weight excluding hydrogens is 284 g/mol. The van der Waals surface area contributed by atoms with Gasteiger partial charge >= 0.3 is 0 Å². The molecule has 5 heteroatoms. The summed E-state index contributed by atoms with van der Waals surface area (Å²) in [5.74, 6) is 1.86. The van der Waals surface area contributed by atoms with Crippen molar-refractivity contribution >= 4 is 17.7 Å². The van der Waals surface area contributed by atoms with Gasteiger partial charge in [0.15, 0.2) is 0 Å². The molecule has 0 bridgehead atoms. The summed E-state index contributed by atoms with van der Waals surface area (Å²) >= 11 is 1.72. The van der Waals surface area contributed by atoms with Gasteiger partial charge in [0.1, 0.15) is 11.9 Å². The molecule has 2 N–H and O–H groups in total. The number of hydrogen-bond donors (Lipinski definition) is 1. The third kappa shape index (κ3) is 4.38. The second-order valence-electron chi connectivity index (χ2n) is 5.37. The number of carbonyl (C=O) groups excluding carboxylic acids is 1. The van der Waals surface area contributed by atoms with Crippen molar-refractivity contribution in [3.05, 3.63) is 29.8 Å². The van der Waals surface area contributed by atoms with Crippen LogP contribution in [0.2, 0.25) is 0 Å². The molecule has 0 aromatic heterocycles. The molecule has 1 aromatic rings. The molecule has 1 aromatic carbocycles. The summed E-state index contributed by atoms with van der Waals surface area (Å²) in [4.78, 5) is 13.9. The average Bonchev–Trinajstić information content (AvgIpc) is 2.47. The highest BCUT2D eigenvalue weighted by atomic mass is 32.2. The summed E-state index contributed by atoms with van der Waals surface area (Å²) in [7, 11) is 0. The van der Waals surface area contributed by atoms with Crippen LogP contribution in [0.4, 0.5) is 0 Å². The van der Waals surface area contributed by atoms with Gasteiger partial charge in [0, 0.05) is 0 Å². The number of benzene rings is 1. The van der Waals surface area contributed by atoms with Crippen molar-refractivity contribution in [3.63, 3.8) is 0 Å². The van der Waals surface area contributed by atoms with Crippen molar-refractivity contribution < 1.29 is 9.53 Å². The summed E-state index contributed by atoms with van der Waals surface area (Å²) in [5.41, 5.74) is 7.17. The summed E-state index contributed by atoms with van der Waals surface area (Å²) < 4.78 is 5.90. The van der Waals surface area contributed by atoms with Gasteiger partial charge in [0.2, 0.25) is 5.91 Å². The second-order valence-corrected chi connectivity index (χ2v) is 6.36. The van der Waals surface area contributed by atoms with E-state index in [1.165, 1.54) is 5.56 Å². The zero-order valence-corrected chi connectivity index (χ0v) is 13.6. The number of thioether (sulfide) groups is 1. The third-order valence-electron chi connectivity index (χ3n) is 3.72. The molecule has 116 valence electrons. The molecule has 0 unspecified atom stereocenters. The molecule has 1 amide bonds. The van der Waals surface area contributed by atoms with Gasteiger partial charge < -0.3 is 15.4 Å². The Morgan fingerprint density at radius 3 is 2.95 bits per heavy atom. The number of ether oxygens (including phenoxy) is 1. The lowest BCUT2D eigenvalue weighted by Gasteiger charge is -2.40. The van der Waals surface area contributed by atoms with Crippen molar-refractivity contribution in [1.82, 2.24) is 4.90 Å². The number of aryl methyl sites for hydroxylation is 1. The molecule has 4 nitrogen and oxygen atoms in total. The maximum Gasteiger partial charge on any atom is 0.239 e. The Hall–Kier alpha value is -1.20. The Kier molecular flexibility index (Phi) is 5.94. The lowest BCUT2D eigenvalue weighted by Crippen LogP contribution is -2.59. The number of nitrogens with two attached hydrogens (primary N) is 1. The van der Waals surface area contributed by atoms with Crippen LogP contribution in [0, 0.1) is 0 Å². The Morgan fingerprint density at radius 2 is 2.29 bits per heavy atom. The molecule has 0 aliphatic carbocycles. The fraction of sp³-hybridized carbons (Fsp3) is 0.562. The predicted octanol–water partition coefficient (Wildman–Crippen LogP) is 1.92. The summed E-state index contributed by atoms with van der Waals surface area (Å²) in [6, 6.07) is 7.76. The van der Waals surface area contributed by atoms with Gasteiger partial charge in [-0.05, 0) is 42.5 Å². The summed E-state index contributed by atoms with van der Waals surface area (Å²) in [6.45, 7) is 3.41. The van der Waals surface area contributed by atoms with E-state index in [0.717, 1.165) is 24.3 Å². The smallest absolute Gasteiger partial charge is 0.239 e. The Morgan fingerprint density at radius 1 is 1.52 bits per heavy atom. The Labute approximate surface area is 131 Å². The third-order valence-corrected chi connectivity index (χ3v) is 4.36. The van der Waals surface area contributed by atoms with Crippen molar-refractivity contribution in [2.75, 3.05) is 25.1 Å². The minimum Gasteiger partial charge on any atom is -0.487 e. The number of nitrogens with zero attached hydrogens (tertiary/aromatic N) is 1. The molecule has 1 fully saturated rings. The van der Waals surface area contributed by atoms with Crippen LogP contribution < -0.4 is 10.5 Å². The van der Waals surface area contributed by atoms with E-state index in [1.807, 2.05) is 18.4 Å². The van der Waals surface area contributed by atoms with Crippen LogP contribution in [-0.2, 0) is 11.2 Å². The van der Waals surface area contributed by atoms with Crippen LogP contribution >= 0.6 is 11.8 Å². The molecule has 1 atom stereocenters. The van der Waals surface area contributed by atoms with E-state index < -0.39 is 0 Å². The first-order chi connectivity index (χ1) is 10.1. The standard InChI is InChI=1S/C16H24N2O2S/c1-3-12-5-4-6-13(9-12)20-14-10-18(11-14)16(19)15(17)7-8-21-2/h4-6,9,14-15H,3,7-8,10-11,17H2,1-2H3/t15-/m0/s1. The van der Waals surface area contributed by atoms with Crippen LogP contribution in [0.3, 0.4) is 0 Å². The molecule has 0 spiro atoms. The highest BCUT2D eigenvalue weighted by Crippen LogP contribution is 2.20. The minimum atomic E-state index is -0.373. The molecule has 0 saturated carbocycles. The molecule has 1 aliphatic heterocycles. The maximum absolute atomic E-state index is 12.1. The van der Waals surface area contributed by atoms with Gasteiger partial charge in [0.05, 0.1) is 19.1 Å². The normalized spacial score (nSPS) is 16.4. The van der Waals surface area contributed by atoms with Gasteiger partial charge in [-0.3, -0.25) is 4.79 Å². The SMILES string of the molecule is CCc1cccc(OC2CN(C(=O)[C@@H](N)CCSC)C2)c1. The fourth-order valence-electron chi connectivity index (χ4n) is 2.33. The largest absolute Gasteiger partial charge is 0.487 e. The molecule has 21 heavy (non-hydrogen) atoms. The second kappa shape index (κ2) is 7.71. The van der Waals surface area contributed by atoms with Crippen LogP contribution in [0.1, 0.15) is 18.9 Å². The van der Waals surface area contributed by atoms with Gasteiger partial charge in [0.25, 0.3) is 0 Å². The van der Waals surface area contributed by atoms with E-state index in [1.54, 1.807) is 16.7 Å². The quantitative estimate of drug-likeness (QED) is 0.836. The lowest BCUT2D eigenvalue weighted by atomic mass is 10.1. The van der Waals surface area contributed by atoms with Crippen LogP contribution in [0.15, 0.2) is 24.3 Å². The van der Waals surface area contributed by atoms with Crippen molar-refractivity contribution in [1.29, 1.82) is 0 Å². The van der Waals surface area contributed by atoms with E-state index >= 15 is 0 Å². The first-order valence-corrected chi connectivity index (χ1v) is 8.82. The zero-order chi connectivity index (χ0) is 15.2. The average molecular weight is 308 g/mol. The van der Waals surface area contributed by atoms with Crippen LogP contribution in [0.25, 0.3) is 0 Å². The van der Waals surface area contributed by atoms with E-state index in [-0.39, 0.29) is 18.1 Å². The number of likely N-dealkylation sites (tertiary alicyclic amines) is 1. The zero-order valence-electron chi connectivity index (χ0n) is 12.7. The first-order valence-electron chi connectivity index (χ1n) is 7.43. The Bertz CT molecular complexity index is 475. The fourth-order valence-corrected chi connectivity index (χ4v) is 2.82. The van der Waals surface area contributed by atoms with E-state index in [9.17, 15) is 4.79 Å². The maximum atomic E-state index is 12.1. The van der Waals surface area contributed by atoms with Gasteiger partial charge in [-0.1, -0.05) is 19.1 Å². The van der Waals surface area contributed by atoms with Crippen molar-refractivity contribution in [2.45, 2.75) is 31.9 Å². The topological polar surface area (TPSA) is 55.6 Å². The van der Waals surface area contributed by atoms with Gasteiger partial charge in [-0.15, -0.1) is 0 Å². The molecule has 1 saturated heterocycles. The minimum absolute atomic E-state index is 0.0474. The number of carbonyl (C=O) groups is 1. The van der Waals surface area contributed by atoms with E-state index in [0.29, 0.717) is 13.1 Å². The molecule has 2 rings (SSSR count). The molecule has 1 aliphatic rings. The van der Waals surface area contributed by atoms with E-state index in [2.05, 4.69) is 19.1 Å². The highest BCUT2D eigenvalue weighted by molar-refractivity contribution is 7.98. The number of rotatable bonds is 7. The molecular formula is C16H24N2O2S. The van der Waals surface area contributed by atoms with Crippen molar-refractivity contribution in [2.24, 2.45) is 5.73 Å². The highest BCUT2D eigenvalue weighted by Gasteiger charge is 2.34. The number of amides is 1. The first kappa shape index (κ1) is 16.2. The van der Waals surface area contributed by atoms with E-state index in [4.69, 9.17) is 10.5 Å². The molecule has 1 heterocycles. The van der Waals surface area contributed by atoms with Crippen molar-refractivity contribution in [3.8, 4) is 5.75 Å². The van der Waals surface area contributed by atoms with Gasteiger partial charge in [-0.2, -0.15) is 11.8 Å². The summed E-state index contributed by atoms with van der Waals surface area (Å²) in [6.07, 6.45) is 3.85. The van der Waals surface area contributed by atoms with Crippen LogP contribution in [0.5, 0.6) is 5.75 Å². The monoisotopic (exact) mass is 308 g/mol. The number of hydrogen-bond acceptors (Lipinski definition) is 4.